The van der Waals surface area contributed by atoms with Gasteiger partial charge in [0.05, 0.1) is 24.3 Å². The van der Waals surface area contributed by atoms with Crippen molar-refractivity contribution in [3.63, 3.8) is 0 Å². The Morgan fingerprint density at radius 2 is 2.00 bits per heavy atom. The smallest absolute Gasteiger partial charge is 0.301 e. The molecule has 1 fully saturated rings. The maximum Gasteiger partial charge on any atom is 0.301 e. The first-order chi connectivity index (χ1) is 14.8. The van der Waals surface area contributed by atoms with Crippen LogP contribution in [0.4, 0.5) is 9.52 Å². The number of nitrogens with zero attached hydrogens (tertiary/aromatic N) is 3. The van der Waals surface area contributed by atoms with E-state index in [1.54, 1.807) is 19.1 Å². The SMILES string of the molecule is COc1ccc(Cl)cc1C(O)=C1C(=O)C(=O)N(c2nnc(C)s2)[C@@H]1c1cccc(F)c1. The molecule has 1 saturated heterocycles. The topological polar surface area (TPSA) is 92.6 Å². The van der Waals surface area contributed by atoms with Crippen LogP contribution < -0.4 is 9.64 Å². The largest absolute Gasteiger partial charge is 0.507 e. The molecule has 158 valence electrons. The number of aliphatic hydroxyl groups is 1. The van der Waals surface area contributed by atoms with Gasteiger partial charge in [-0.25, -0.2) is 4.39 Å². The van der Waals surface area contributed by atoms with Gasteiger partial charge in [-0.15, -0.1) is 10.2 Å². The number of amides is 1. The number of ether oxygens (including phenoxy) is 1. The van der Waals surface area contributed by atoms with Crippen LogP contribution in [0, 0.1) is 12.7 Å². The van der Waals surface area contributed by atoms with Crippen molar-refractivity contribution in [2.24, 2.45) is 0 Å². The molecule has 1 amide bonds. The number of methoxy groups -OCH3 is 1. The van der Waals surface area contributed by atoms with Crippen LogP contribution in [-0.2, 0) is 9.59 Å². The van der Waals surface area contributed by atoms with E-state index in [9.17, 15) is 19.1 Å². The van der Waals surface area contributed by atoms with Crippen LogP contribution in [0.3, 0.4) is 0 Å². The van der Waals surface area contributed by atoms with Crippen LogP contribution in [0.2, 0.25) is 5.02 Å². The number of ketones is 1. The van der Waals surface area contributed by atoms with Gasteiger partial charge < -0.3 is 9.84 Å². The number of benzene rings is 2. The first-order valence-electron chi connectivity index (χ1n) is 9.02. The van der Waals surface area contributed by atoms with Crippen molar-refractivity contribution in [3.8, 4) is 5.75 Å². The Morgan fingerprint density at radius 3 is 2.65 bits per heavy atom. The van der Waals surface area contributed by atoms with Gasteiger partial charge in [0.15, 0.2) is 0 Å². The predicted molar refractivity (Wildman–Crippen MR) is 114 cm³/mol. The van der Waals surface area contributed by atoms with Crippen LogP contribution in [0.1, 0.15) is 22.2 Å². The molecule has 1 aromatic heterocycles. The van der Waals surface area contributed by atoms with Crippen molar-refractivity contribution in [1.82, 2.24) is 10.2 Å². The quantitative estimate of drug-likeness (QED) is 0.356. The third-order valence-electron chi connectivity index (χ3n) is 4.75. The van der Waals surface area contributed by atoms with Crippen molar-refractivity contribution >= 4 is 45.5 Å². The summed E-state index contributed by atoms with van der Waals surface area (Å²) in [4.78, 5) is 27.1. The molecule has 10 heteroatoms. The molecule has 1 aliphatic rings. The van der Waals surface area contributed by atoms with Gasteiger partial charge >= 0.3 is 5.91 Å². The van der Waals surface area contributed by atoms with Crippen LogP contribution in [0.5, 0.6) is 5.75 Å². The summed E-state index contributed by atoms with van der Waals surface area (Å²) in [6.45, 7) is 1.70. The second-order valence-corrected chi connectivity index (χ2v) is 8.27. The molecule has 0 saturated carbocycles. The first-order valence-corrected chi connectivity index (χ1v) is 10.2. The minimum Gasteiger partial charge on any atom is -0.507 e. The summed E-state index contributed by atoms with van der Waals surface area (Å²) in [5.74, 6) is -2.65. The predicted octanol–water partition coefficient (Wildman–Crippen LogP) is 4.27. The molecule has 3 aromatic rings. The lowest BCUT2D eigenvalue weighted by atomic mass is 9.95. The summed E-state index contributed by atoms with van der Waals surface area (Å²) >= 11 is 7.17. The van der Waals surface area contributed by atoms with Gasteiger partial charge in [-0.1, -0.05) is 35.1 Å². The second-order valence-electron chi connectivity index (χ2n) is 6.67. The number of aromatic nitrogens is 2. The highest BCUT2D eigenvalue weighted by molar-refractivity contribution is 7.15. The average Bonchev–Trinajstić information content (AvgIpc) is 3.28. The Hall–Kier alpha value is -3.30. The molecule has 1 aliphatic heterocycles. The summed E-state index contributed by atoms with van der Waals surface area (Å²) in [5, 5.41) is 20.0. The highest BCUT2D eigenvalue weighted by Crippen LogP contribution is 2.44. The lowest BCUT2D eigenvalue weighted by Gasteiger charge is -2.22. The summed E-state index contributed by atoms with van der Waals surface area (Å²) in [6, 6.07) is 8.83. The number of carbonyl (C=O) groups excluding carboxylic acids is 2. The Balaban J connectivity index is 1.99. The van der Waals surface area contributed by atoms with Crippen LogP contribution in [0.15, 0.2) is 48.0 Å². The minimum atomic E-state index is -1.12. The average molecular weight is 460 g/mol. The Morgan fingerprint density at radius 1 is 1.23 bits per heavy atom. The van der Waals surface area contributed by atoms with E-state index in [2.05, 4.69) is 10.2 Å². The Bertz CT molecular complexity index is 1240. The third kappa shape index (κ3) is 3.66. The molecular formula is C21H15ClFN3O4S. The zero-order valence-corrected chi connectivity index (χ0v) is 17.9. The van der Waals surface area contributed by atoms with Gasteiger partial charge in [0.1, 0.15) is 22.3 Å². The van der Waals surface area contributed by atoms with Crippen molar-refractivity contribution in [2.75, 3.05) is 12.0 Å². The van der Waals surface area contributed by atoms with Gasteiger partial charge in [-0.05, 0) is 42.8 Å². The normalized spacial score (nSPS) is 17.9. The molecule has 7 nitrogen and oxygen atoms in total. The fourth-order valence-electron chi connectivity index (χ4n) is 3.42. The van der Waals surface area contributed by atoms with Crippen molar-refractivity contribution in [1.29, 1.82) is 0 Å². The van der Waals surface area contributed by atoms with E-state index in [0.29, 0.717) is 10.0 Å². The highest BCUT2D eigenvalue weighted by Gasteiger charge is 2.48. The minimum absolute atomic E-state index is 0.128. The molecule has 0 spiro atoms. The molecule has 2 aromatic carbocycles. The maximum atomic E-state index is 14.0. The van der Waals surface area contributed by atoms with Crippen molar-refractivity contribution in [3.05, 3.63) is 75.0 Å². The van der Waals surface area contributed by atoms with Crippen LogP contribution in [0.25, 0.3) is 5.76 Å². The third-order valence-corrected chi connectivity index (χ3v) is 5.82. The number of Topliss-reactive ketones (excluding diaryl/α,β-unsaturated/α-hetero) is 1. The molecule has 4 rings (SSSR count). The maximum absolute atomic E-state index is 14.0. The standard InChI is InChI=1S/C21H15ClFN3O4S/c1-10-24-25-21(31-10)26-17(11-4-3-5-13(23)8-11)16(19(28)20(26)29)18(27)14-9-12(22)6-7-15(14)30-2/h3-9,17,27H,1-2H3/t17-/m1/s1. The van der Waals surface area contributed by atoms with E-state index in [4.69, 9.17) is 16.3 Å². The van der Waals surface area contributed by atoms with Crippen LogP contribution >= 0.6 is 22.9 Å². The van der Waals surface area contributed by atoms with Crippen molar-refractivity contribution in [2.45, 2.75) is 13.0 Å². The van der Waals surface area contributed by atoms with E-state index in [-0.39, 0.29) is 27.6 Å². The molecule has 0 aliphatic carbocycles. The number of carbonyl (C=O) groups is 2. The number of hydrogen-bond donors (Lipinski definition) is 1. The molecule has 0 bridgehead atoms. The summed E-state index contributed by atoms with van der Waals surface area (Å²) in [5.41, 5.74) is 0.182. The van der Waals surface area contributed by atoms with E-state index in [1.165, 1.54) is 37.4 Å². The summed E-state index contributed by atoms with van der Waals surface area (Å²) in [6.07, 6.45) is 0. The monoisotopic (exact) mass is 459 g/mol. The first kappa shape index (κ1) is 21.0. The molecular weight excluding hydrogens is 445 g/mol. The second kappa shape index (κ2) is 8.09. The number of hydrogen-bond acceptors (Lipinski definition) is 7. The molecule has 1 atom stereocenters. The molecule has 0 unspecified atom stereocenters. The number of aliphatic hydroxyl groups excluding tert-OH is 1. The Labute approximate surface area is 185 Å². The highest BCUT2D eigenvalue weighted by atomic mass is 35.5. The molecule has 31 heavy (non-hydrogen) atoms. The number of anilines is 1. The number of rotatable bonds is 4. The molecule has 0 radical (unpaired) electrons. The summed E-state index contributed by atoms with van der Waals surface area (Å²) in [7, 11) is 1.40. The molecule has 2 heterocycles. The zero-order chi connectivity index (χ0) is 22.3. The lowest BCUT2D eigenvalue weighted by Crippen LogP contribution is -2.29. The van der Waals surface area contributed by atoms with Gasteiger partial charge in [0.25, 0.3) is 5.78 Å². The lowest BCUT2D eigenvalue weighted by molar-refractivity contribution is -0.132. The fourth-order valence-corrected chi connectivity index (χ4v) is 4.30. The van der Waals surface area contributed by atoms with E-state index < -0.39 is 29.3 Å². The number of aryl methyl sites for hydroxylation is 1. The van der Waals surface area contributed by atoms with Gasteiger partial charge in [0.2, 0.25) is 5.13 Å². The Kier molecular flexibility index (Phi) is 5.47. The van der Waals surface area contributed by atoms with Crippen LogP contribution in [-0.4, -0.2) is 34.1 Å². The number of halogens is 2. The molecule has 1 N–H and O–H groups in total. The van der Waals surface area contributed by atoms with E-state index in [0.717, 1.165) is 16.2 Å². The van der Waals surface area contributed by atoms with Gasteiger partial charge in [0, 0.05) is 5.02 Å². The fraction of sp³-hybridized carbons (Fsp3) is 0.143. The van der Waals surface area contributed by atoms with E-state index in [1.807, 2.05) is 0 Å². The van der Waals surface area contributed by atoms with Gasteiger partial charge in [-0.3, -0.25) is 14.5 Å². The van der Waals surface area contributed by atoms with Crippen molar-refractivity contribution < 1.29 is 23.8 Å². The zero-order valence-electron chi connectivity index (χ0n) is 16.3. The van der Waals surface area contributed by atoms with Gasteiger partial charge in [-0.2, -0.15) is 0 Å². The van der Waals surface area contributed by atoms with E-state index >= 15 is 0 Å². The summed E-state index contributed by atoms with van der Waals surface area (Å²) < 4.78 is 19.3.